The zero-order valence-electron chi connectivity index (χ0n) is 16.9. The highest BCUT2D eigenvalue weighted by Gasteiger charge is 2.37. The number of amides is 4. The Morgan fingerprint density at radius 1 is 0.879 bits per heavy atom. The minimum Gasteiger partial charge on any atom is -0.454 e. The van der Waals surface area contributed by atoms with Crippen LogP contribution in [0.3, 0.4) is 0 Å². The molecule has 0 aromatic heterocycles. The molecule has 3 aromatic carbocycles. The molecule has 0 saturated carbocycles. The van der Waals surface area contributed by atoms with Crippen LogP contribution in [0.4, 0.5) is 10.5 Å². The first-order valence-corrected chi connectivity index (χ1v) is 11.0. The lowest BCUT2D eigenvalue weighted by Crippen LogP contribution is -2.54. The lowest BCUT2D eigenvalue weighted by atomic mass is 10.1. The number of hydrogen-bond donors (Lipinski definition) is 1. The molecule has 4 amide bonds. The predicted molar refractivity (Wildman–Crippen MR) is 124 cm³/mol. The number of carbonyl (C=O) groups excluding carboxylic acids is 3. The zero-order chi connectivity index (χ0) is 22.9. The van der Waals surface area contributed by atoms with E-state index in [-0.39, 0.29) is 18.1 Å². The van der Waals surface area contributed by atoms with Crippen LogP contribution < -0.4 is 19.7 Å². The molecule has 5 rings (SSSR count). The topological polar surface area (TPSA) is 84.9 Å². The number of carbonyl (C=O) groups is 3. The Labute approximate surface area is 197 Å². The van der Waals surface area contributed by atoms with E-state index >= 15 is 0 Å². The van der Waals surface area contributed by atoms with Crippen molar-refractivity contribution < 1.29 is 23.9 Å². The molecule has 2 aliphatic heterocycles. The summed E-state index contributed by atoms with van der Waals surface area (Å²) in [5, 5.41) is 2.89. The second-order valence-electron chi connectivity index (χ2n) is 7.12. The predicted octanol–water partition coefficient (Wildman–Crippen LogP) is 4.89. The number of nitrogens with one attached hydrogen (secondary N) is 1. The molecule has 3 aromatic rings. The maximum absolute atomic E-state index is 13.1. The minimum absolute atomic E-state index is 0.0644. The zero-order valence-corrected chi connectivity index (χ0v) is 18.5. The van der Waals surface area contributed by atoms with E-state index in [0.29, 0.717) is 22.1 Å². The van der Waals surface area contributed by atoms with Crippen LogP contribution >= 0.6 is 23.4 Å². The van der Waals surface area contributed by atoms with Gasteiger partial charge in [0.2, 0.25) is 6.79 Å². The summed E-state index contributed by atoms with van der Waals surface area (Å²) in [5.41, 5.74) is 0.772. The molecule has 1 N–H and O–H groups in total. The molecule has 0 spiro atoms. The van der Waals surface area contributed by atoms with Crippen molar-refractivity contribution in [2.24, 2.45) is 0 Å². The average Bonchev–Trinajstić information content (AvgIpc) is 3.27. The highest BCUT2D eigenvalue weighted by molar-refractivity contribution is 7.99. The van der Waals surface area contributed by atoms with Gasteiger partial charge < -0.3 is 9.47 Å². The van der Waals surface area contributed by atoms with Crippen LogP contribution in [0.5, 0.6) is 11.5 Å². The van der Waals surface area contributed by atoms with Crippen LogP contribution in [-0.2, 0) is 9.59 Å². The van der Waals surface area contributed by atoms with Crippen LogP contribution in [0.2, 0.25) is 5.02 Å². The number of urea groups is 1. The summed E-state index contributed by atoms with van der Waals surface area (Å²) in [6, 6.07) is 18.7. The number of nitrogens with zero attached hydrogens (tertiary/aromatic N) is 1. The first kappa shape index (κ1) is 21.1. The Hall–Kier alpha value is -3.75. The number of barbiturate groups is 1. The van der Waals surface area contributed by atoms with E-state index in [9.17, 15) is 14.4 Å². The van der Waals surface area contributed by atoms with Crippen molar-refractivity contribution in [1.82, 2.24) is 5.32 Å². The Bertz CT molecular complexity index is 1310. The first-order valence-electron chi connectivity index (χ1n) is 9.82. The molecule has 2 heterocycles. The third-order valence-corrected chi connectivity index (χ3v) is 6.22. The van der Waals surface area contributed by atoms with Crippen LogP contribution in [0.1, 0.15) is 5.56 Å². The number of halogens is 1. The van der Waals surface area contributed by atoms with Crippen LogP contribution in [0.15, 0.2) is 82.1 Å². The van der Waals surface area contributed by atoms with E-state index in [0.717, 1.165) is 14.7 Å². The van der Waals surface area contributed by atoms with Gasteiger partial charge in [0.15, 0.2) is 11.5 Å². The SMILES string of the molecule is O=C1NC(=O)N(c2ccc3c(c2)OCO3)C(=O)C1=Cc1ccc(Sc2ccc(Cl)cc2)cc1. The molecule has 0 radical (unpaired) electrons. The molecular formula is C24H15ClN2O5S. The van der Waals surface area contributed by atoms with Gasteiger partial charge in [0.1, 0.15) is 5.57 Å². The summed E-state index contributed by atoms with van der Waals surface area (Å²) in [6.07, 6.45) is 1.46. The summed E-state index contributed by atoms with van der Waals surface area (Å²) in [6.45, 7) is 0.0644. The summed E-state index contributed by atoms with van der Waals surface area (Å²) >= 11 is 7.48. The summed E-state index contributed by atoms with van der Waals surface area (Å²) in [7, 11) is 0. The number of imide groups is 2. The van der Waals surface area contributed by atoms with Crippen molar-refractivity contribution in [3.8, 4) is 11.5 Å². The van der Waals surface area contributed by atoms with Gasteiger partial charge in [-0.2, -0.15) is 0 Å². The maximum atomic E-state index is 13.1. The quantitative estimate of drug-likeness (QED) is 0.424. The van der Waals surface area contributed by atoms with Crippen molar-refractivity contribution in [3.05, 3.63) is 82.9 Å². The van der Waals surface area contributed by atoms with Crippen LogP contribution in [-0.4, -0.2) is 24.6 Å². The fraction of sp³-hybridized carbons (Fsp3) is 0.0417. The number of anilines is 1. The molecule has 9 heteroatoms. The number of ether oxygens (including phenoxy) is 2. The first-order chi connectivity index (χ1) is 16.0. The van der Waals surface area contributed by atoms with Gasteiger partial charge in [-0.25, -0.2) is 9.69 Å². The van der Waals surface area contributed by atoms with E-state index in [1.807, 2.05) is 36.4 Å². The van der Waals surface area contributed by atoms with Crippen molar-refractivity contribution in [1.29, 1.82) is 0 Å². The van der Waals surface area contributed by atoms with E-state index in [4.69, 9.17) is 21.1 Å². The Morgan fingerprint density at radius 2 is 1.55 bits per heavy atom. The van der Waals surface area contributed by atoms with Crippen molar-refractivity contribution >= 4 is 53.0 Å². The third kappa shape index (κ3) is 4.30. The lowest BCUT2D eigenvalue weighted by Gasteiger charge is -2.26. The fourth-order valence-electron chi connectivity index (χ4n) is 3.35. The van der Waals surface area contributed by atoms with Gasteiger partial charge in [0.05, 0.1) is 5.69 Å². The van der Waals surface area contributed by atoms with Gasteiger partial charge >= 0.3 is 6.03 Å². The van der Waals surface area contributed by atoms with Gasteiger partial charge in [0, 0.05) is 20.9 Å². The average molecular weight is 479 g/mol. The Balaban J connectivity index is 1.39. The lowest BCUT2D eigenvalue weighted by molar-refractivity contribution is -0.122. The molecule has 0 bridgehead atoms. The third-order valence-electron chi connectivity index (χ3n) is 4.96. The molecule has 0 aliphatic carbocycles. The van der Waals surface area contributed by atoms with Gasteiger partial charge in [-0.1, -0.05) is 35.5 Å². The van der Waals surface area contributed by atoms with Gasteiger partial charge in [0.25, 0.3) is 11.8 Å². The highest BCUT2D eigenvalue weighted by Crippen LogP contribution is 2.36. The monoisotopic (exact) mass is 478 g/mol. The van der Waals surface area contributed by atoms with Crippen LogP contribution in [0, 0.1) is 0 Å². The normalized spacial score (nSPS) is 16.3. The fourth-order valence-corrected chi connectivity index (χ4v) is 4.30. The van der Waals surface area contributed by atoms with Gasteiger partial charge in [-0.3, -0.25) is 14.9 Å². The highest BCUT2D eigenvalue weighted by atomic mass is 35.5. The van der Waals surface area contributed by atoms with E-state index in [1.54, 1.807) is 36.0 Å². The second kappa shape index (κ2) is 8.65. The summed E-state index contributed by atoms with van der Waals surface area (Å²) in [5.74, 6) is -0.528. The number of benzene rings is 3. The largest absolute Gasteiger partial charge is 0.454 e. The number of hydrogen-bond acceptors (Lipinski definition) is 6. The standard InChI is InChI=1S/C24H15ClN2O5S/c25-15-3-8-18(9-4-15)33-17-6-1-14(2-7-17)11-19-22(28)26-24(30)27(23(19)29)16-5-10-20-21(12-16)32-13-31-20/h1-12H,13H2,(H,26,28,30). The number of fused-ring (bicyclic) bond motifs is 1. The smallest absolute Gasteiger partial charge is 0.335 e. The van der Waals surface area contributed by atoms with E-state index in [1.165, 1.54) is 12.1 Å². The van der Waals surface area contributed by atoms with Crippen molar-refractivity contribution in [3.63, 3.8) is 0 Å². The summed E-state index contributed by atoms with van der Waals surface area (Å²) < 4.78 is 10.6. The molecule has 7 nitrogen and oxygen atoms in total. The molecule has 33 heavy (non-hydrogen) atoms. The second-order valence-corrected chi connectivity index (χ2v) is 8.70. The molecule has 1 fully saturated rings. The number of rotatable bonds is 4. The molecule has 0 atom stereocenters. The summed E-state index contributed by atoms with van der Waals surface area (Å²) in [4.78, 5) is 40.8. The van der Waals surface area contributed by atoms with E-state index < -0.39 is 17.8 Å². The molecule has 1 saturated heterocycles. The van der Waals surface area contributed by atoms with Gasteiger partial charge in [-0.05, 0) is 60.2 Å². The van der Waals surface area contributed by atoms with Crippen molar-refractivity contribution in [2.45, 2.75) is 9.79 Å². The molecular weight excluding hydrogens is 464 g/mol. The Morgan fingerprint density at radius 3 is 2.27 bits per heavy atom. The van der Waals surface area contributed by atoms with Crippen LogP contribution in [0.25, 0.3) is 6.08 Å². The molecule has 0 unspecified atom stereocenters. The van der Waals surface area contributed by atoms with E-state index in [2.05, 4.69) is 5.32 Å². The minimum atomic E-state index is -0.823. The maximum Gasteiger partial charge on any atom is 0.335 e. The molecule has 2 aliphatic rings. The van der Waals surface area contributed by atoms with Gasteiger partial charge in [-0.15, -0.1) is 0 Å². The molecule has 164 valence electrons. The van der Waals surface area contributed by atoms with Crippen molar-refractivity contribution in [2.75, 3.05) is 11.7 Å². The Kier molecular flexibility index (Phi) is 5.53.